The Balaban J connectivity index is 0.000000181. The fraction of sp³-hybridized carbons (Fsp3) is 0.302. The zero-order valence-corrected chi connectivity index (χ0v) is 73.4. The summed E-state index contributed by atoms with van der Waals surface area (Å²) in [6.45, 7) is 23.7. The van der Waals surface area contributed by atoms with Crippen molar-refractivity contribution >= 4 is 134 Å². The van der Waals surface area contributed by atoms with Gasteiger partial charge in [0.1, 0.15) is 98.5 Å². The van der Waals surface area contributed by atoms with Crippen molar-refractivity contribution in [3.8, 4) is 23.0 Å². The predicted molar refractivity (Wildman–Crippen MR) is 476 cm³/mol. The number of carbonyl (C=O) groups is 7. The maximum Gasteiger partial charge on any atom is 0.435 e. The molecule has 0 saturated carbocycles. The van der Waals surface area contributed by atoms with Gasteiger partial charge in [-0.3, -0.25) is 5.10 Å². The highest BCUT2D eigenvalue weighted by Gasteiger charge is 2.32. The Morgan fingerprint density at radius 1 is 0.419 bits per heavy atom. The van der Waals surface area contributed by atoms with E-state index in [1.165, 1.54) is 78.9 Å². The molecule has 1 atom stereocenters. The van der Waals surface area contributed by atoms with Gasteiger partial charge in [0.15, 0.2) is 6.29 Å². The molecule has 8 aromatic carbocycles. The highest BCUT2D eigenvalue weighted by atomic mass is 19.1. The SMILES string of the molecule is CCOC(=O)c1ccc2c(c(/C=C/c3ccc(F)cc3)nn2C(=O)OC(C)(C)C)c1O.CCOC(=O)c1ccc2c(c(/C=C/c3ccc(F)cc3)nn2C(=O)OC(C)(C)C)c1OCCO.CCOC(=O)c1ccc2c(c(/C=C/c3ccc(F)cc3)nn2C(=O)OC(C)(C)C)c1OCCOC1CCCCO1.CCOC(=O)c1ccc2n[nH]c(/C=C/c3ccc(F)cc3)c2c1O. The molecule has 0 spiro atoms. The molecule has 4 aromatic heterocycles. The van der Waals surface area contributed by atoms with Gasteiger partial charge in [-0.15, -0.1) is 0 Å². The van der Waals surface area contributed by atoms with E-state index in [1.54, 1.807) is 205 Å². The summed E-state index contributed by atoms with van der Waals surface area (Å²) in [5, 5.41) is 52.0. The third-order valence-electron chi connectivity index (χ3n) is 18.2. The number of aromatic amines is 1. The van der Waals surface area contributed by atoms with Crippen LogP contribution in [-0.2, 0) is 42.6 Å². The van der Waals surface area contributed by atoms with Crippen LogP contribution in [0, 0.1) is 23.3 Å². The third kappa shape index (κ3) is 26.2. The van der Waals surface area contributed by atoms with Crippen LogP contribution in [0.25, 0.3) is 92.2 Å². The molecule has 5 heterocycles. The highest BCUT2D eigenvalue weighted by molar-refractivity contribution is 6.09. The molecule has 129 heavy (non-hydrogen) atoms. The van der Waals surface area contributed by atoms with E-state index in [-0.39, 0.29) is 144 Å². The summed E-state index contributed by atoms with van der Waals surface area (Å²) in [7, 11) is 0. The fourth-order valence-electron chi connectivity index (χ4n) is 12.7. The predicted octanol–water partition coefficient (Wildman–Crippen LogP) is 19.7. The first kappa shape index (κ1) is 96.9. The smallest absolute Gasteiger partial charge is 0.435 e. The summed E-state index contributed by atoms with van der Waals surface area (Å²) < 4.78 is 116. The summed E-state index contributed by atoms with van der Waals surface area (Å²) in [6, 6.07) is 35.7. The molecule has 29 nitrogen and oxygen atoms in total. The molecule has 13 rings (SSSR count). The first-order chi connectivity index (χ1) is 61.5. The number of halogens is 4. The number of hydrogen-bond acceptors (Lipinski definition) is 25. The summed E-state index contributed by atoms with van der Waals surface area (Å²) in [4.78, 5) is 88.3. The Hall–Kier alpha value is -14.3. The Morgan fingerprint density at radius 3 is 1.11 bits per heavy atom. The van der Waals surface area contributed by atoms with Crippen molar-refractivity contribution < 1.29 is 119 Å². The first-order valence-corrected chi connectivity index (χ1v) is 41.3. The molecule has 1 aliphatic rings. The maximum absolute atomic E-state index is 13.4. The summed E-state index contributed by atoms with van der Waals surface area (Å²) in [5.74, 6) is -4.08. The Bertz CT molecular complexity index is 6110. The lowest BCUT2D eigenvalue weighted by Crippen LogP contribution is -2.27. The number of nitrogens with one attached hydrogen (secondary N) is 1. The lowest BCUT2D eigenvalue weighted by Gasteiger charge is -2.22. The fourth-order valence-corrected chi connectivity index (χ4v) is 12.7. The van der Waals surface area contributed by atoms with Crippen LogP contribution < -0.4 is 9.47 Å². The third-order valence-corrected chi connectivity index (χ3v) is 18.2. The van der Waals surface area contributed by atoms with Crippen LogP contribution in [0.15, 0.2) is 146 Å². The Morgan fingerprint density at radius 2 is 0.752 bits per heavy atom. The number of rotatable bonds is 24. The monoisotopic (exact) mass is 1780 g/mol. The Labute approximate surface area is 740 Å². The Kier molecular flexibility index (Phi) is 33.2. The zero-order chi connectivity index (χ0) is 93.4. The summed E-state index contributed by atoms with van der Waals surface area (Å²) in [5.41, 5.74) is 3.89. The second kappa shape index (κ2) is 44.2. The van der Waals surface area contributed by atoms with E-state index in [1.807, 2.05) is 0 Å². The highest BCUT2D eigenvalue weighted by Crippen LogP contribution is 2.40. The second-order valence-corrected chi connectivity index (χ2v) is 31.4. The number of aromatic nitrogens is 8. The number of phenolic OH excluding ortho intramolecular Hbond substituents is 2. The van der Waals surface area contributed by atoms with Crippen molar-refractivity contribution in [1.82, 2.24) is 39.5 Å². The van der Waals surface area contributed by atoms with Crippen molar-refractivity contribution in [2.45, 2.75) is 132 Å². The number of hydrogen-bond donors (Lipinski definition) is 4. The molecule has 0 bridgehead atoms. The molecule has 1 saturated heterocycles. The van der Waals surface area contributed by atoms with Crippen molar-refractivity contribution in [3.05, 3.63) is 236 Å². The van der Waals surface area contributed by atoms with E-state index in [0.717, 1.165) is 38.9 Å². The topological polar surface area (TPSA) is 364 Å². The van der Waals surface area contributed by atoms with Gasteiger partial charge in [0.05, 0.1) is 106 Å². The quantitative estimate of drug-likeness (QED) is 0.0189. The molecular formula is C96H100F4N8O21. The number of benzene rings is 8. The molecule has 33 heteroatoms. The van der Waals surface area contributed by atoms with Gasteiger partial charge < -0.3 is 67.4 Å². The molecule has 0 aliphatic carbocycles. The van der Waals surface area contributed by atoms with Crippen molar-refractivity contribution in [1.29, 1.82) is 0 Å². The van der Waals surface area contributed by atoms with Gasteiger partial charge in [0.2, 0.25) is 0 Å². The number of aliphatic hydroxyl groups is 1. The molecule has 0 amide bonds. The van der Waals surface area contributed by atoms with E-state index in [0.29, 0.717) is 73.1 Å². The van der Waals surface area contributed by atoms with Crippen LogP contribution in [0.4, 0.5) is 31.9 Å². The minimum atomic E-state index is -0.763. The summed E-state index contributed by atoms with van der Waals surface area (Å²) in [6.07, 6.45) is 13.8. The number of carbonyl (C=O) groups excluding carboxylic acids is 7. The van der Waals surface area contributed by atoms with Crippen LogP contribution in [-0.4, -0.2) is 180 Å². The molecule has 678 valence electrons. The number of esters is 4. The molecular weight excluding hydrogens is 1680 g/mol. The molecule has 4 N–H and O–H groups in total. The van der Waals surface area contributed by atoms with Gasteiger partial charge in [0, 0.05) is 6.61 Å². The minimum absolute atomic E-state index is 0.0467. The van der Waals surface area contributed by atoms with Crippen molar-refractivity contribution in [3.63, 3.8) is 0 Å². The van der Waals surface area contributed by atoms with Gasteiger partial charge in [-0.05, 0) is 253 Å². The number of aliphatic hydroxyl groups excluding tert-OH is 1. The normalized spacial score (nSPS) is 12.9. The lowest BCUT2D eigenvalue weighted by molar-refractivity contribution is -0.165. The standard InChI is InChI=1S/C30H35FN2O7.C25H27FN2O6.C23H23FN2O5.C18H15FN2O3/c1-5-36-28(34)22-14-16-24-26(27(22)39-19-18-38-25-8-6-7-17-37-25)23(15-11-20-9-12-21(31)13-10-20)32-33(24)29(35)40-30(2,3)4;1-5-32-23(30)18-11-13-20-21(22(18)33-15-14-29)19(12-8-16-6-9-17(26)10-7-16)27-28(20)24(31)34-25(2,3)4;1-5-30-21(28)16-11-13-18-19(20(16)27)17(12-8-14-6-9-15(24)10-7-14)25-26(18)22(29)31-23(2,3)4;1-2-24-18(23)13-8-10-15-16(17(13)22)14(20-21-15)9-5-11-3-6-12(19)7-4-11/h9-16,25H,5-8,17-19H2,1-4H3;6-13,29H,5,14-15H2,1-4H3;6-13,27H,5H2,1-4H3;3-10,22H,2H2,1H3,(H,20,21)/b15-11+;2*12-8+;9-5+. The van der Waals surface area contributed by atoms with Crippen LogP contribution >= 0.6 is 0 Å². The van der Waals surface area contributed by atoms with Crippen molar-refractivity contribution in [2.75, 3.05) is 59.5 Å². The van der Waals surface area contributed by atoms with Gasteiger partial charge in [-0.1, -0.05) is 72.8 Å². The van der Waals surface area contributed by atoms with Crippen LogP contribution in [0.5, 0.6) is 23.0 Å². The van der Waals surface area contributed by atoms with E-state index in [9.17, 15) is 66.4 Å². The zero-order valence-electron chi connectivity index (χ0n) is 73.4. The number of aromatic hydroxyl groups is 2. The maximum atomic E-state index is 13.4. The minimum Gasteiger partial charge on any atom is -0.506 e. The van der Waals surface area contributed by atoms with Crippen molar-refractivity contribution in [2.24, 2.45) is 0 Å². The number of fused-ring (bicyclic) bond motifs is 4. The summed E-state index contributed by atoms with van der Waals surface area (Å²) >= 11 is 0. The van der Waals surface area contributed by atoms with Gasteiger partial charge in [-0.2, -0.15) is 34.4 Å². The van der Waals surface area contributed by atoms with Gasteiger partial charge in [0.25, 0.3) is 0 Å². The molecule has 1 fully saturated rings. The first-order valence-electron chi connectivity index (χ1n) is 41.3. The van der Waals surface area contributed by atoms with Crippen LogP contribution in [0.2, 0.25) is 0 Å². The number of nitrogens with zero attached hydrogens (tertiary/aromatic N) is 7. The van der Waals surface area contributed by atoms with E-state index >= 15 is 0 Å². The molecule has 1 aliphatic heterocycles. The van der Waals surface area contributed by atoms with Crippen LogP contribution in [0.1, 0.15) is 196 Å². The van der Waals surface area contributed by atoms with Gasteiger partial charge >= 0.3 is 42.2 Å². The lowest BCUT2D eigenvalue weighted by atomic mass is 10.1. The molecule has 1 unspecified atom stereocenters. The van der Waals surface area contributed by atoms with Crippen LogP contribution in [0.3, 0.4) is 0 Å². The van der Waals surface area contributed by atoms with E-state index in [4.69, 9.17) is 52.1 Å². The number of ether oxygens (including phenoxy) is 11. The average Bonchev–Trinajstić information content (AvgIpc) is 1.65. The second-order valence-electron chi connectivity index (χ2n) is 31.4. The average molecular weight is 1780 g/mol. The number of H-pyrrole nitrogens is 1. The molecule has 0 radical (unpaired) electrons. The van der Waals surface area contributed by atoms with E-state index in [2.05, 4.69) is 25.5 Å². The number of phenols is 2. The largest absolute Gasteiger partial charge is 0.506 e. The van der Waals surface area contributed by atoms with Gasteiger partial charge in [-0.25, -0.2) is 51.1 Å². The van der Waals surface area contributed by atoms with E-state index < -0.39 is 59.0 Å². The molecule has 12 aromatic rings.